The molecule has 120 heavy (non-hydrogen) atoms. The van der Waals surface area contributed by atoms with E-state index >= 15 is 0 Å². The second-order valence-electron chi connectivity index (χ2n) is 32.5. The summed E-state index contributed by atoms with van der Waals surface area (Å²) in [7, 11) is -1.78. The van der Waals surface area contributed by atoms with E-state index in [0.717, 1.165) is 85.0 Å². The van der Waals surface area contributed by atoms with E-state index in [4.69, 9.17) is 56.8 Å². The summed E-state index contributed by atoms with van der Waals surface area (Å²) in [6.07, 6.45) is -2.98. The first-order chi connectivity index (χ1) is 59.0. The third kappa shape index (κ3) is 18.8. The van der Waals surface area contributed by atoms with Gasteiger partial charge in [-0.1, -0.05) is 325 Å². The second kappa shape index (κ2) is 38.6. The lowest BCUT2D eigenvalue weighted by Gasteiger charge is -2.51. The normalized spacial score (nSPS) is 21.2. The largest absolute Gasteiger partial charge is 0.374 e. The van der Waals surface area contributed by atoms with Gasteiger partial charge in [0.05, 0.1) is 87.4 Å². The average Bonchev–Trinajstić information content (AvgIpc) is 1.54. The van der Waals surface area contributed by atoms with E-state index in [2.05, 4.69) is 209 Å². The highest BCUT2D eigenvalue weighted by Gasteiger charge is 2.63. The summed E-state index contributed by atoms with van der Waals surface area (Å²) < 4.78 is 88.6. The standard InChI is InChI=1S/C54H56O6SSi.C51H48O6S/c1-5-38-26-28-43(29-27-38)49-45-31-46-44(30-48(45)61-53(49)62(2,3)4)36-59-54(46)52(58-35-42-24-16-9-17-25-42)51(57-34-41-22-14-8-15-23-41)50(56-33-40-20-12-7-13-21-40)47(60-54)37-55-32-39-18-10-6-11-19-39;1-2-36-23-25-41(26-24-36)44-35-58-47-27-42-33-56-51(45(42)28-43(44)47)50(55-32-40-21-13-6-14-22-40)49(54-31-39-19-11-5-12-20-39)48(53-30-38-17-9-4-10-18-38)46(57-51)34-52-29-37-15-7-3-8-16-37/h6-31,47,50-52H,5,32-37H2,1-4H3;3-28,35,46,48-50H,2,29-34H2,1H3/t47-,50-,51+,52-,54+;46-,48-,49+,50-,51+/m11/s1. The quantitative estimate of drug-likeness (QED) is 0.0386. The van der Waals surface area contributed by atoms with E-state index in [-0.39, 0.29) is 13.2 Å². The Balaban J connectivity index is 0.000000172. The van der Waals surface area contributed by atoms with Gasteiger partial charge in [-0.15, -0.1) is 22.7 Å². The van der Waals surface area contributed by atoms with Gasteiger partial charge in [0.2, 0.25) is 11.6 Å². The Labute approximate surface area is 714 Å². The van der Waals surface area contributed by atoms with Gasteiger partial charge in [-0.3, -0.25) is 0 Å². The molecule has 18 rings (SSSR count). The van der Waals surface area contributed by atoms with E-state index in [1.54, 1.807) is 11.3 Å². The number of fused-ring (bicyclic) bond motifs is 6. The van der Waals surface area contributed by atoms with E-state index in [1.807, 2.05) is 157 Å². The zero-order chi connectivity index (χ0) is 81.7. The first-order valence-corrected chi connectivity index (χ1v) is 47.3. The van der Waals surface area contributed by atoms with Crippen LogP contribution in [0.1, 0.15) is 91.7 Å². The zero-order valence-electron chi connectivity index (χ0n) is 68.8. The molecule has 12 nitrogen and oxygen atoms in total. The van der Waals surface area contributed by atoms with Gasteiger partial charge in [-0.05, 0) is 130 Å². The van der Waals surface area contributed by atoms with Gasteiger partial charge in [0.25, 0.3) is 0 Å². The minimum absolute atomic E-state index is 0.251. The molecule has 2 saturated heterocycles. The minimum atomic E-state index is -1.78. The van der Waals surface area contributed by atoms with Crippen LogP contribution in [0, 0.1) is 0 Å². The minimum Gasteiger partial charge on any atom is -0.374 e. The molecule has 2 fully saturated rings. The maximum absolute atomic E-state index is 7.52. The Bertz CT molecular complexity index is 5590. The molecule has 0 aliphatic carbocycles. The molecule has 6 heterocycles. The Morgan fingerprint density at radius 1 is 0.342 bits per heavy atom. The van der Waals surface area contributed by atoms with Gasteiger partial charge in [0.15, 0.2) is 0 Å². The molecule has 0 unspecified atom stereocenters. The fraction of sp³-hybridized carbons (Fsp3) is 0.276. The van der Waals surface area contributed by atoms with Crippen LogP contribution in [0.25, 0.3) is 42.4 Å². The highest BCUT2D eigenvalue weighted by Crippen LogP contribution is 2.54. The van der Waals surface area contributed by atoms with Crippen LogP contribution in [0.2, 0.25) is 19.6 Å². The Morgan fingerprint density at radius 3 is 1.02 bits per heavy atom. The fourth-order valence-corrected chi connectivity index (χ4v) is 21.5. The number of hydrogen-bond acceptors (Lipinski definition) is 14. The predicted molar refractivity (Wildman–Crippen MR) is 481 cm³/mol. The number of aryl methyl sites for hydroxylation is 2. The lowest BCUT2D eigenvalue weighted by molar-refractivity contribution is -0.387. The first kappa shape index (κ1) is 82.6. The summed E-state index contributed by atoms with van der Waals surface area (Å²) in [5.74, 6) is -2.66. The van der Waals surface area contributed by atoms with Crippen molar-refractivity contribution in [3.8, 4) is 22.3 Å². The number of thiophene rings is 2. The number of hydrogen-bond donors (Lipinski definition) is 0. The summed E-state index contributed by atoms with van der Waals surface area (Å²) in [5, 5.41) is 4.63. The third-order valence-corrected chi connectivity index (χ3v) is 28.9. The molecule has 10 atom stereocenters. The van der Waals surface area contributed by atoms with E-state index in [1.165, 1.54) is 52.7 Å². The molecule has 12 aromatic carbocycles. The monoisotopic (exact) mass is 1650 g/mol. The van der Waals surface area contributed by atoms with E-state index in [0.29, 0.717) is 66.1 Å². The van der Waals surface area contributed by atoms with Crippen LogP contribution in [0.4, 0.5) is 0 Å². The molecule has 0 saturated carbocycles. The van der Waals surface area contributed by atoms with Gasteiger partial charge < -0.3 is 56.8 Å². The number of rotatable bonds is 31. The van der Waals surface area contributed by atoms with E-state index < -0.39 is 68.5 Å². The van der Waals surface area contributed by atoms with E-state index in [9.17, 15) is 0 Å². The van der Waals surface area contributed by atoms with Gasteiger partial charge in [0.1, 0.15) is 48.8 Å². The Hall–Kier alpha value is -9.70. The van der Waals surface area contributed by atoms with Gasteiger partial charge in [0, 0.05) is 36.9 Å². The highest BCUT2D eigenvalue weighted by molar-refractivity contribution is 7.32. The van der Waals surface area contributed by atoms with Crippen LogP contribution < -0.4 is 4.50 Å². The summed E-state index contributed by atoms with van der Waals surface area (Å²) in [5.41, 5.74) is 20.1. The van der Waals surface area contributed by atoms with Crippen molar-refractivity contribution in [2.24, 2.45) is 0 Å². The summed E-state index contributed by atoms with van der Waals surface area (Å²) in [6, 6.07) is 109. The smallest absolute Gasteiger partial charge is 0.226 e. The fourth-order valence-electron chi connectivity index (χ4n) is 16.9. The van der Waals surface area contributed by atoms with Crippen molar-refractivity contribution in [1.82, 2.24) is 0 Å². The van der Waals surface area contributed by atoms with Gasteiger partial charge in [-0.2, -0.15) is 0 Å². The SMILES string of the molecule is CCc1ccc(-c2c([Si](C)(C)C)sc3cc4c(cc23)[C@]2(OC4)O[C@H](COCc3ccccc3)[C@@H](OCc3ccccc3)[C@H](OCc3ccccc3)[C@H]2OCc2ccccc2)cc1.CCc1ccc(-c2csc3cc4c(cc23)[C@]2(OC4)O[C@H](COCc3ccccc3)[C@@H](OCc3ccccc3)[C@H](OCc3ccccc3)[C@H]2OCc2ccccc2)cc1. The first-order valence-electron chi connectivity index (χ1n) is 42.1. The molecule has 0 radical (unpaired) electrons. The highest BCUT2D eigenvalue weighted by atomic mass is 32.1. The molecule has 4 aliphatic rings. The van der Waals surface area contributed by atoms with Crippen LogP contribution in [0.5, 0.6) is 0 Å². The van der Waals surface area contributed by atoms with Crippen molar-refractivity contribution in [1.29, 1.82) is 0 Å². The van der Waals surface area contributed by atoms with Gasteiger partial charge in [-0.25, -0.2) is 0 Å². The molecule has 0 N–H and O–H groups in total. The molecule has 0 bridgehead atoms. The van der Waals surface area contributed by atoms with Crippen LogP contribution >= 0.6 is 22.7 Å². The molecule has 2 aromatic heterocycles. The topological polar surface area (TPSA) is 111 Å². The molecule has 15 heteroatoms. The number of benzene rings is 12. The lowest BCUT2D eigenvalue weighted by atomic mass is 9.86. The molecule has 0 amide bonds. The second-order valence-corrected chi connectivity index (χ2v) is 39.8. The Kier molecular flexibility index (Phi) is 26.6. The molecular formula is C105H104O12S2Si. The lowest BCUT2D eigenvalue weighted by Crippen LogP contribution is -2.65. The molecule has 612 valence electrons. The molecule has 14 aromatic rings. The summed E-state index contributed by atoms with van der Waals surface area (Å²) in [6.45, 7) is 15.9. The Morgan fingerprint density at radius 2 is 0.667 bits per heavy atom. The predicted octanol–water partition coefficient (Wildman–Crippen LogP) is 22.9. The van der Waals surface area contributed by atoms with Crippen LogP contribution in [0.3, 0.4) is 0 Å². The summed E-state index contributed by atoms with van der Waals surface area (Å²) in [4.78, 5) is 0. The van der Waals surface area contributed by atoms with Crippen molar-refractivity contribution >= 4 is 55.4 Å². The van der Waals surface area contributed by atoms with Crippen LogP contribution in [-0.4, -0.2) is 70.1 Å². The molecular weight excluding hydrogens is 1550 g/mol. The van der Waals surface area contributed by atoms with Crippen molar-refractivity contribution in [3.05, 3.63) is 399 Å². The summed E-state index contributed by atoms with van der Waals surface area (Å²) >= 11 is 3.69. The maximum atomic E-state index is 7.52. The molecule has 4 aliphatic heterocycles. The van der Waals surface area contributed by atoms with Crippen LogP contribution in [0.15, 0.2) is 321 Å². The number of ether oxygens (including phenoxy) is 12. The van der Waals surface area contributed by atoms with Crippen molar-refractivity contribution in [2.45, 2.75) is 173 Å². The third-order valence-electron chi connectivity index (χ3n) is 23.2. The zero-order valence-corrected chi connectivity index (χ0v) is 71.5. The van der Waals surface area contributed by atoms with Crippen LogP contribution in [-0.2, 0) is 147 Å². The van der Waals surface area contributed by atoms with Crippen molar-refractivity contribution in [3.63, 3.8) is 0 Å². The van der Waals surface area contributed by atoms with Crippen molar-refractivity contribution < 1.29 is 56.8 Å². The molecule has 2 spiro atoms. The van der Waals surface area contributed by atoms with Crippen molar-refractivity contribution in [2.75, 3.05) is 13.2 Å². The van der Waals surface area contributed by atoms with Gasteiger partial charge >= 0.3 is 0 Å². The average molecular weight is 1650 g/mol. The maximum Gasteiger partial charge on any atom is 0.226 e.